The zero-order chi connectivity index (χ0) is 11.4. The lowest BCUT2D eigenvalue weighted by Gasteiger charge is -2.03. The van der Waals surface area contributed by atoms with Crippen LogP contribution < -0.4 is 0 Å². The Hall–Kier alpha value is -2.60. The van der Waals surface area contributed by atoms with Crippen molar-refractivity contribution < 1.29 is 25.0 Å². The minimum absolute atomic E-state index is 0.268. The maximum atomic E-state index is 11.0. The van der Waals surface area contributed by atoms with Crippen molar-refractivity contribution in [3.8, 4) is 17.2 Å². The van der Waals surface area contributed by atoms with Gasteiger partial charge in [0.1, 0.15) is 5.28 Å². The Bertz CT molecular complexity index is 429. The molecule has 0 aromatic heterocycles. The number of hydrogen-bond donors (Lipinski definition) is 3. The summed E-state index contributed by atoms with van der Waals surface area (Å²) in [6.45, 7) is 0. The van der Waals surface area contributed by atoms with E-state index in [0.29, 0.717) is 0 Å². The van der Waals surface area contributed by atoms with E-state index >= 15 is 0 Å². The number of hydrogen-bond acceptors (Lipinski definition) is 6. The predicted octanol–water partition coefficient (Wildman–Crippen LogP) is 1.19. The molecule has 0 spiro atoms. The smallest absolute Gasteiger partial charge is 0.350 e. The minimum Gasteiger partial charge on any atom is -0.504 e. The van der Waals surface area contributed by atoms with Crippen LogP contribution in [0, 0.1) is 0 Å². The molecule has 0 saturated heterocycles. The third kappa shape index (κ3) is 2.20. The summed E-state index contributed by atoms with van der Waals surface area (Å²) >= 11 is 0. The molecule has 0 bridgehead atoms. The first-order valence-corrected chi connectivity index (χ1v) is 3.57. The van der Waals surface area contributed by atoms with Crippen LogP contribution >= 0.6 is 0 Å². The van der Waals surface area contributed by atoms with Gasteiger partial charge in [0.2, 0.25) is 0 Å². The third-order valence-electron chi connectivity index (χ3n) is 1.47. The van der Waals surface area contributed by atoms with Gasteiger partial charge in [-0.15, -0.1) is 0 Å². The molecule has 0 fully saturated rings. The Morgan fingerprint density at radius 3 is 2.33 bits per heavy atom. The molecule has 0 radical (unpaired) electrons. The fraction of sp³-hybridized carbons (Fsp3) is 0. The molecule has 1 aromatic carbocycles. The van der Waals surface area contributed by atoms with E-state index in [1.54, 1.807) is 0 Å². The normalized spacial score (nSPS) is 9.07. The molecule has 0 aliphatic heterocycles. The van der Waals surface area contributed by atoms with Crippen LogP contribution in [-0.2, 0) is 4.84 Å². The lowest BCUT2D eigenvalue weighted by molar-refractivity contribution is 0.0505. The highest BCUT2D eigenvalue weighted by Gasteiger charge is 2.14. The van der Waals surface area contributed by atoms with Crippen LogP contribution in [0.2, 0.25) is 0 Å². The number of nitrogens with zero attached hydrogens (tertiary/aromatic N) is 3. The molecule has 0 unspecified atom stereocenters. The summed E-state index contributed by atoms with van der Waals surface area (Å²) in [7, 11) is 0. The standard InChI is InChI=1S/C7H5N3O5/c8-9-10-15-7(14)3-1-4(11)6(13)5(12)2-3/h1-2,11-13H. The molecule has 0 heterocycles. The molecule has 3 N–H and O–H groups in total. The zero-order valence-electron chi connectivity index (χ0n) is 7.15. The molecule has 8 heteroatoms. The summed E-state index contributed by atoms with van der Waals surface area (Å²) in [5.74, 6) is -3.21. The van der Waals surface area contributed by atoms with E-state index in [1.165, 1.54) is 0 Å². The Balaban J connectivity index is 3.06. The van der Waals surface area contributed by atoms with Gasteiger partial charge in [-0.05, 0) is 17.7 Å². The lowest BCUT2D eigenvalue weighted by Crippen LogP contribution is -1.99. The average molecular weight is 211 g/mol. The van der Waals surface area contributed by atoms with Crippen molar-refractivity contribution in [3.05, 3.63) is 28.1 Å². The molecule has 1 rings (SSSR count). The van der Waals surface area contributed by atoms with Crippen molar-refractivity contribution in [2.45, 2.75) is 0 Å². The van der Waals surface area contributed by atoms with E-state index in [9.17, 15) is 4.79 Å². The number of rotatable bonds is 2. The van der Waals surface area contributed by atoms with Gasteiger partial charge in [-0.2, -0.15) is 0 Å². The van der Waals surface area contributed by atoms with Crippen LogP contribution in [0.25, 0.3) is 10.4 Å². The van der Waals surface area contributed by atoms with Crippen LogP contribution in [0.15, 0.2) is 17.4 Å². The topological polar surface area (TPSA) is 136 Å². The third-order valence-corrected chi connectivity index (χ3v) is 1.47. The van der Waals surface area contributed by atoms with E-state index < -0.39 is 23.2 Å². The van der Waals surface area contributed by atoms with E-state index in [4.69, 9.17) is 20.9 Å². The molecule has 0 saturated carbocycles. The van der Waals surface area contributed by atoms with Crippen LogP contribution in [0.4, 0.5) is 0 Å². The number of azide groups is 1. The first-order chi connectivity index (χ1) is 7.06. The fourth-order valence-electron chi connectivity index (χ4n) is 0.830. The highest BCUT2D eigenvalue weighted by Crippen LogP contribution is 2.35. The summed E-state index contributed by atoms with van der Waals surface area (Å²) in [5.41, 5.74) is 7.59. The summed E-state index contributed by atoms with van der Waals surface area (Å²) < 4.78 is 0. The minimum atomic E-state index is -1.07. The second kappa shape index (κ2) is 4.07. The van der Waals surface area contributed by atoms with Gasteiger partial charge in [0, 0.05) is 4.91 Å². The number of aromatic hydroxyl groups is 3. The van der Waals surface area contributed by atoms with Crippen molar-refractivity contribution in [2.75, 3.05) is 0 Å². The molecule has 8 nitrogen and oxygen atoms in total. The zero-order valence-corrected chi connectivity index (χ0v) is 7.15. The molecular formula is C7H5N3O5. The van der Waals surface area contributed by atoms with Crippen molar-refractivity contribution in [1.29, 1.82) is 0 Å². The molecule has 0 aliphatic rings. The van der Waals surface area contributed by atoms with Crippen LogP contribution in [0.3, 0.4) is 0 Å². The molecule has 0 atom stereocenters. The molecule has 78 valence electrons. The largest absolute Gasteiger partial charge is 0.504 e. The quantitative estimate of drug-likeness (QED) is 0.222. The first kappa shape index (κ1) is 10.5. The second-order valence-electron chi connectivity index (χ2n) is 2.41. The number of phenolic OH excluding ortho intramolecular Hbond substituents is 3. The van der Waals surface area contributed by atoms with Gasteiger partial charge in [-0.1, -0.05) is 0 Å². The number of carbonyl (C=O) groups is 1. The molecule has 15 heavy (non-hydrogen) atoms. The Labute approximate surface area is 82.5 Å². The summed E-state index contributed by atoms with van der Waals surface area (Å²) in [6.07, 6.45) is 0. The number of benzene rings is 1. The molecule has 0 amide bonds. The SMILES string of the molecule is [N-]=[N+]=NOC(=O)c1cc(O)c(O)c(O)c1. The fourth-order valence-corrected chi connectivity index (χ4v) is 0.830. The van der Waals surface area contributed by atoms with Gasteiger partial charge < -0.3 is 20.2 Å². The Kier molecular flexibility index (Phi) is 2.85. The van der Waals surface area contributed by atoms with Gasteiger partial charge in [-0.25, -0.2) is 4.79 Å². The maximum absolute atomic E-state index is 11.0. The highest BCUT2D eigenvalue weighted by atomic mass is 16.7. The van der Waals surface area contributed by atoms with Gasteiger partial charge in [0.05, 0.1) is 5.56 Å². The summed E-state index contributed by atoms with van der Waals surface area (Å²) in [6, 6.07) is 1.70. The second-order valence-corrected chi connectivity index (χ2v) is 2.41. The molecular weight excluding hydrogens is 206 g/mol. The molecule has 0 aliphatic carbocycles. The number of phenols is 3. The summed E-state index contributed by atoms with van der Waals surface area (Å²) in [4.78, 5) is 17.2. The maximum Gasteiger partial charge on any atom is 0.350 e. The predicted molar refractivity (Wildman–Crippen MR) is 46.0 cm³/mol. The van der Waals surface area contributed by atoms with Crippen LogP contribution in [-0.4, -0.2) is 21.3 Å². The van der Waals surface area contributed by atoms with Gasteiger partial charge >= 0.3 is 5.97 Å². The van der Waals surface area contributed by atoms with E-state index in [0.717, 1.165) is 12.1 Å². The first-order valence-electron chi connectivity index (χ1n) is 3.57. The van der Waals surface area contributed by atoms with E-state index in [-0.39, 0.29) is 5.56 Å². The van der Waals surface area contributed by atoms with E-state index in [2.05, 4.69) is 15.0 Å². The molecule has 1 aromatic rings. The Morgan fingerprint density at radius 1 is 1.33 bits per heavy atom. The van der Waals surface area contributed by atoms with Crippen molar-refractivity contribution >= 4 is 5.97 Å². The monoisotopic (exact) mass is 211 g/mol. The van der Waals surface area contributed by atoms with Crippen molar-refractivity contribution in [2.24, 2.45) is 5.28 Å². The van der Waals surface area contributed by atoms with Crippen molar-refractivity contribution in [3.63, 3.8) is 0 Å². The van der Waals surface area contributed by atoms with E-state index in [1.807, 2.05) is 0 Å². The number of carbonyl (C=O) groups excluding carboxylic acids is 1. The van der Waals surface area contributed by atoms with Crippen LogP contribution in [0.5, 0.6) is 17.2 Å². The Morgan fingerprint density at radius 2 is 1.87 bits per heavy atom. The van der Waals surface area contributed by atoms with Crippen LogP contribution in [0.1, 0.15) is 10.4 Å². The van der Waals surface area contributed by atoms with Gasteiger partial charge in [-0.3, -0.25) is 0 Å². The summed E-state index contributed by atoms with van der Waals surface area (Å²) in [5, 5.41) is 29.6. The average Bonchev–Trinajstić information content (AvgIpc) is 2.21. The highest BCUT2D eigenvalue weighted by molar-refractivity contribution is 5.90. The van der Waals surface area contributed by atoms with Crippen molar-refractivity contribution in [1.82, 2.24) is 0 Å². The van der Waals surface area contributed by atoms with Gasteiger partial charge in [0.15, 0.2) is 17.2 Å². The van der Waals surface area contributed by atoms with Gasteiger partial charge in [0.25, 0.3) is 0 Å². The lowest BCUT2D eigenvalue weighted by atomic mass is 10.2.